The predicted octanol–water partition coefficient (Wildman–Crippen LogP) is 1.49. The van der Waals surface area contributed by atoms with Gasteiger partial charge in [0.05, 0.1) is 6.61 Å². The number of anilines is 1. The molecule has 1 fully saturated rings. The molecule has 5 heteroatoms. The maximum absolute atomic E-state index is 12.1. The number of hydrogen-bond acceptors (Lipinski definition) is 4. The van der Waals surface area contributed by atoms with E-state index in [-0.39, 0.29) is 5.91 Å². The highest BCUT2D eigenvalue weighted by Crippen LogP contribution is 2.18. The molecule has 0 radical (unpaired) electrons. The number of rotatable bonds is 6. The van der Waals surface area contributed by atoms with Crippen molar-refractivity contribution in [2.24, 2.45) is 0 Å². The summed E-state index contributed by atoms with van der Waals surface area (Å²) in [6.07, 6.45) is 2.53. The van der Waals surface area contributed by atoms with Crippen LogP contribution in [-0.2, 0) is 0 Å². The molecule has 0 bridgehead atoms. The van der Waals surface area contributed by atoms with Crippen molar-refractivity contribution in [3.05, 3.63) is 23.8 Å². The summed E-state index contributed by atoms with van der Waals surface area (Å²) in [5.41, 5.74) is 6.88. The highest BCUT2D eigenvalue weighted by molar-refractivity contribution is 5.95. The van der Waals surface area contributed by atoms with Crippen LogP contribution < -0.4 is 15.8 Å². The zero-order chi connectivity index (χ0) is 14.4. The number of nitrogens with one attached hydrogen (secondary N) is 1. The maximum Gasteiger partial charge on any atom is 0.251 e. The van der Waals surface area contributed by atoms with Gasteiger partial charge in [-0.3, -0.25) is 4.79 Å². The summed E-state index contributed by atoms with van der Waals surface area (Å²) >= 11 is 0. The monoisotopic (exact) mass is 277 g/mol. The van der Waals surface area contributed by atoms with Crippen molar-refractivity contribution in [2.75, 3.05) is 38.5 Å². The number of nitrogens with zero attached hydrogens (tertiary/aromatic N) is 1. The number of carbonyl (C=O) groups is 1. The fraction of sp³-hybridized carbons (Fsp3) is 0.533. The second kappa shape index (κ2) is 7.14. The van der Waals surface area contributed by atoms with Crippen LogP contribution in [0.15, 0.2) is 18.2 Å². The summed E-state index contributed by atoms with van der Waals surface area (Å²) < 4.78 is 5.40. The summed E-state index contributed by atoms with van der Waals surface area (Å²) in [5.74, 6) is 0.537. The van der Waals surface area contributed by atoms with Gasteiger partial charge in [0.1, 0.15) is 5.75 Å². The van der Waals surface area contributed by atoms with Crippen molar-refractivity contribution in [3.63, 3.8) is 0 Å². The first-order valence-corrected chi connectivity index (χ1v) is 7.23. The number of amides is 1. The normalized spacial score (nSPS) is 15.2. The van der Waals surface area contributed by atoms with Crippen LogP contribution in [0.4, 0.5) is 5.69 Å². The Hall–Kier alpha value is -1.75. The predicted molar refractivity (Wildman–Crippen MR) is 80.0 cm³/mol. The molecule has 1 saturated heterocycles. The molecule has 1 aliphatic heterocycles. The standard InChI is InChI=1S/C15H23N3O2/c1-2-20-14-10-12(9-13(16)11-14)15(19)17-5-8-18-6-3-4-7-18/h9-11H,2-8,16H2,1H3,(H,17,19). The Morgan fingerprint density at radius 1 is 1.35 bits per heavy atom. The van der Waals surface area contributed by atoms with Gasteiger partial charge < -0.3 is 20.7 Å². The molecule has 20 heavy (non-hydrogen) atoms. The lowest BCUT2D eigenvalue weighted by Gasteiger charge is -2.15. The first-order valence-electron chi connectivity index (χ1n) is 7.23. The molecular formula is C15H23N3O2. The van der Waals surface area contributed by atoms with Crippen LogP contribution in [0.5, 0.6) is 5.75 Å². The number of nitrogens with two attached hydrogens (primary N) is 1. The van der Waals surface area contributed by atoms with Crippen LogP contribution in [-0.4, -0.2) is 43.6 Å². The number of likely N-dealkylation sites (tertiary alicyclic amines) is 1. The van der Waals surface area contributed by atoms with Crippen LogP contribution in [0.1, 0.15) is 30.1 Å². The summed E-state index contributed by atoms with van der Waals surface area (Å²) in [6.45, 7) is 6.31. The Balaban J connectivity index is 1.87. The quantitative estimate of drug-likeness (QED) is 0.773. The van der Waals surface area contributed by atoms with Gasteiger partial charge in [0.2, 0.25) is 0 Å². The minimum atomic E-state index is -0.0996. The van der Waals surface area contributed by atoms with Crippen LogP contribution in [0.3, 0.4) is 0 Å². The number of hydrogen-bond donors (Lipinski definition) is 2. The minimum Gasteiger partial charge on any atom is -0.494 e. The van der Waals surface area contributed by atoms with Gasteiger partial charge in [0, 0.05) is 30.4 Å². The lowest BCUT2D eigenvalue weighted by atomic mass is 10.1. The van der Waals surface area contributed by atoms with Gasteiger partial charge in [0.15, 0.2) is 0 Å². The van der Waals surface area contributed by atoms with Gasteiger partial charge in [-0.1, -0.05) is 0 Å². The van der Waals surface area contributed by atoms with Crippen LogP contribution in [0.2, 0.25) is 0 Å². The van der Waals surface area contributed by atoms with E-state index in [1.54, 1.807) is 18.2 Å². The van der Waals surface area contributed by atoms with Crippen molar-refractivity contribution in [2.45, 2.75) is 19.8 Å². The molecule has 0 aromatic heterocycles. The third kappa shape index (κ3) is 4.13. The Morgan fingerprint density at radius 3 is 2.80 bits per heavy atom. The van der Waals surface area contributed by atoms with E-state index in [1.807, 2.05) is 6.92 Å². The highest BCUT2D eigenvalue weighted by Gasteiger charge is 2.12. The molecule has 2 rings (SSSR count). The largest absolute Gasteiger partial charge is 0.494 e. The van der Waals surface area contributed by atoms with E-state index in [4.69, 9.17) is 10.5 Å². The van der Waals surface area contributed by atoms with Crippen LogP contribution >= 0.6 is 0 Å². The third-order valence-electron chi connectivity index (χ3n) is 3.41. The lowest BCUT2D eigenvalue weighted by molar-refractivity contribution is 0.0949. The molecule has 0 spiro atoms. The van der Waals surface area contributed by atoms with Gasteiger partial charge >= 0.3 is 0 Å². The van der Waals surface area contributed by atoms with E-state index in [2.05, 4.69) is 10.2 Å². The molecule has 1 heterocycles. The fourth-order valence-corrected chi connectivity index (χ4v) is 2.44. The summed E-state index contributed by atoms with van der Waals surface area (Å²) in [7, 11) is 0. The first-order chi connectivity index (χ1) is 9.69. The molecule has 0 atom stereocenters. The van der Waals surface area contributed by atoms with Crippen molar-refractivity contribution < 1.29 is 9.53 Å². The van der Waals surface area contributed by atoms with Gasteiger partial charge in [-0.25, -0.2) is 0 Å². The van der Waals surface area contributed by atoms with Crippen molar-refractivity contribution in [3.8, 4) is 5.75 Å². The zero-order valence-electron chi connectivity index (χ0n) is 12.0. The van der Waals surface area contributed by atoms with Crippen LogP contribution in [0, 0.1) is 0 Å². The van der Waals surface area contributed by atoms with Gasteiger partial charge in [-0.2, -0.15) is 0 Å². The molecule has 5 nitrogen and oxygen atoms in total. The van der Waals surface area contributed by atoms with E-state index in [0.29, 0.717) is 30.2 Å². The second-order valence-electron chi connectivity index (χ2n) is 5.03. The molecule has 1 amide bonds. The van der Waals surface area contributed by atoms with E-state index in [1.165, 1.54) is 12.8 Å². The van der Waals surface area contributed by atoms with Gasteiger partial charge in [-0.05, 0) is 45.0 Å². The maximum atomic E-state index is 12.1. The van der Waals surface area contributed by atoms with E-state index < -0.39 is 0 Å². The molecule has 1 aliphatic rings. The number of carbonyl (C=O) groups excluding carboxylic acids is 1. The molecule has 0 saturated carbocycles. The van der Waals surface area contributed by atoms with Crippen molar-refractivity contribution in [1.29, 1.82) is 0 Å². The summed E-state index contributed by atoms with van der Waals surface area (Å²) in [6, 6.07) is 5.13. The second-order valence-corrected chi connectivity index (χ2v) is 5.03. The smallest absolute Gasteiger partial charge is 0.251 e. The molecule has 110 valence electrons. The Bertz CT molecular complexity index is 456. The van der Waals surface area contributed by atoms with E-state index >= 15 is 0 Å². The van der Waals surface area contributed by atoms with Gasteiger partial charge in [0.25, 0.3) is 5.91 Å². The fourth-order valence-electron chi connectivity index (χ4n) is 2.44. The average molecular weight is 277 g/mol. The van der Waals surface area contributed by atoms with Crippen LogP contribution in [0.25, 0.3) is 0 Å². The molecule has 0 unspecified atom stereocenters. The highest BCUT2D eigenvalue weighted by atomic mass is 16.5. The molecular weight excluding hydrogens is 254 g/mol. The van der Waals surface area contributed by atoms with E-state index in [0.717, 1.165) is 19.6 Å². The van der Waals surface area contributed by atoms with Gasteiger partial charge in [-0.15, -0.1) is 0 Å². The van der Waals surface area contributed by atoms with Crippen molar-refractivity contribution >= 4 is 11.6 Å². The van der Waals surface area contributed by atoms with E-state index in [9.17, 15) is 4.79 Å². The summed E-state index contributed by atoms with van der Waals surface area (Å²) in [5, 5.41) is 2.93. The first kappa shape index (κ1) is 14.7. The molecule has 0 aliphatic carbocycles. The average Bonchev–Trinajstić information content (AvgIpc) is 2.91. The molecule has 3 N–H and O–H groups in total. The third-order valence-corrected chi connectivity index (χ3v) is 3.41. The minimum absolute atomic E-state index is 0.0996. The van der Waals surface area contributed by atoms with Crippen molar-refractivity contribution in [1.82, 2.24) is 10.2 Å². The lowest BCUT2D eigenvalue weighted by Crippen LogP contribution is -2.33. The Labute approximate surface area is 120 Å². The SMILES string of the molecule is CCOc1cc(N)cc(C(=O)NCCN2CCCC2)c1. The number of benzene rings is 1. The topological polar surface area (TPSA) is 67.6 Å². The number of nitrogen functional groups attached to an aromatic ring is 1. The number of ether oxygens (including phenoxy) is 1. The molecule has 1 aromatic rings. The Morgan fingerprint density at radius 2 is 2.10 bits per heavy atom. The molecule has 1 aromatic carbocycles. The summed E-state index contributed by atoms with van der Waals surface area (Å²) in [4.78, 5) is 14.5. The Kier molecular flexibility index (Phi) is 5.24. The zero-order valence-corrected chi connectivity index (χ0v) is 12.0.